The molecule has 0 bridgehead atoms. The summed E-state index contributed by atoms with van der Waals surface area (Å²) in [6.07, 6.45) is 8.87. The first-order chi connectivity index (χ1) is 24.0. The van der Waals surface area contributed by atoms with Crippen LogP contribution in [-0.2, 0) is 15.1 Å². The molecule has 4 aromatic rings. The number of likely N-dealkylation sites (N-methyl/N-ethyl adjacent to an activating group) is 1. The smallest absolute Gasteiger partial charge is 0.341 e. The summed E-state index contributed by atoms with van der Waals surface area (Å²) in [4.78, 5) is 23.2. The molecule has 258 valence electrons. The average Bonchev–Trinajstić information content (AvgIpc) is 3.77. The van der Waals surface area contributed by atoms with Gasteiger partial charge in [-0.1, -0.05) is 69.2 Å². The van der Waals surface area contributed by atoms with E-state index in [0.29, 0.717) is 23.6 Å². The third kappa shape index (κ3) is 7.04. The number of carbonyl (C=O) groups excluding carboxylic acids is 1. The maximum absolute atomic E-state index is 13.6. The number of nitrogens with zero attached hydrogens (tertiary/aromatic N) is 3. The first-order valence-corrected chi connectivity index (χ1v) is 18.3. The summed E-state index contributed by atoms with van der Waals surface area (Å²) in [5.74, 6) is 0.299. The molecule has 0 spiro atoms. The van der Waals surface area contributed by atoms with Gasteiger partial charge in [-0.3, -0.25) is 4.98 Å². The third-order valence-electron chi connectivity index (χ3n) is 9.87. The number of carbonyl (C=O) groups is 1. The van der Waals surface area contributed by atoms with Crippen molar-refractivity contribution >= 4 is 17.3 Å². The SMILES string of the molecule is CCCCN(CCCC)c1ccc(-c2cccc(C3(c4ccc(N(CC)CC5CCCO5)cc4)OC(=O)c4cccnc43)c2OCC)cc1. The molecule has 1 saturated heterocycles. The Morgan fingerprint density at radius 2 is 1.53 bits per heavy atom. The Morgan fingerprint density at radius 3 is 2.18 bits per heavy atom. The van der Waals surface area contributed by atoms with Crippen LogP contribution in [0, 0.1) is 0 Å². The van der Waals surface area contributed by atoms with Gasteiger partial charge in [-0.25, -0.2) is 4.79 Å². The Hall–Kier alpha value is -4.36. The summed E-state index contributed by atoms with van der Waals surface area (Å²) in [6, 6.07) is 26.9. The van der Waals surface area contributed by atoms with E-state index in [1.807, 2.05) is 19.1 Å². The maximum atomic E-state index is 13.6. The molecule has 0 radical (unpaired) electrons. The van der Waals surface area contributed by atoms with Crippen LogP contribution in [0.3, 0.4) is 0 Å². The van der Waals surface area contributed by atoms with Crippen LogP contribution < -0.4 is 14.5 Å². The van der Waals surface area contributed by atoms with Gasteiger partial charge in [0.2, 0.25) is 5.60 Å². The van der Waals surface area contributed by atoms with Crippen LogP contribution in [0.1, 0.15) is 93.4 Å². The number of fused-ring (bicyclic) bond motifs is 1. The molecule has 2 unspecified atom stereocenters. The van der Waals surface area contributed by atoms with E-state index in [2.05, 4.69) is 85.2 Å². The number of hydrogen-bond acceptors (Lipinski definition) is 7. The van der Waals surface area contributed by atoms with Crippen molar-refractivity contribution in [2.75, 3.05) is 49.2 Å². The van der Waals surface area contributed by atoms with Crippen LogP contribution in [0.4, 0.5) is 11.4 Å². The van der Waals surface area contributed by atoms with E-state index in [1.54, 1.807) is 18.3 Å². The highest BCUT2D eigenvalue weighted by Crippen LogP contribution is 2.51. The lowest BCUT2D eigenvalue weighted by atomic mass is 9.81. The standard InChI is InChI=1S/C42H51N3O4/c1-5-9-27-45(28-10-6-2)34-22-18-31(19-23-34)36-15-11-17-38(39(36)47-8-4)42(40-37(41(46)49-42)16-12-26-43-40)32-20-24-33(25-21-32)44(7-3)30-35-14-13-29-48-35/h11-12,15-26,35H,5-10,13-14,27-30H2,1-4H3. The number of benzene rings is 3. The van der Waals surface area contributed by atoms with Crippen LogP contribution in [0.15, 0.2) is 85.1 Å². The molecule has 3 heterocycles. The molecule has 6 rings (SSSR count). The van der Waals surface area contributed by atoms with Crippen LogP contribution in [0.5, 0.6) is 5.75 Å². The van der Waals surface area contributed by atoms with E-state index in [1.165, 1.54) is 31.4 Å². The Kier molecular flexibility index (Phi) is 11.2. The molecule has 1 fully saturated rings. The van der Waals surface area contributed by atoms with Crippen LogP contribution >= 0.6 is 0 Å². The minimum atomic E-state index is -1.28. The van der Waals surface area contributed by atoms with E-state index in [-0.39, 0.29) is 6.10 Å². The van der Waals surface area contributed by atoms with Gasteiger partial charge in [0.25, 0.3) is 0 Å². The number of para-hydroxylation sites is 1. The number of pyridine rings is 1. The van der Waals surface area contributed by atoms with E-state index in [4.69, 9.17) is 19.2 Å². The zero-order valence-electron chi connectivity index (χ0n) is 29.6. The van der Waals surface area contributed by atoms with Gasteiger partial charge in [0.1, 0.15) is 11.4 Å². The molecule has 2 atom stereocenters. The molecular weight excluding hydrogens is 610 g/mol. The Morgan fingerprint density at radius 1 is 0.837 bits per heavy atom. The maximum Gasteiger partial charge on any atom is 0.341 e. The molecular formula is C42H51N3O4. The van der Waals surface area contributed by atoms with Gasteiger partial charge >= 0.3 is 5.97 Å². The van der Waals surface area contributed by atoms with E-state index < -0.39 is 11.6 Å². The van der Waals surface area contributed by atoms with Crippen molar-refractivity contribution in [1.29, 1.82) is 0 Å². The van der Waals surface area contributed by atoms with Gasteiger partial charge < -0.3 is 24.0 Å². The van der Waals surface area contributed by atoms with Crippen molar-refractivity contribution in [3.63, 3.8) is 0 Å². The normalized spacial score (nSPS) is 18.3. The molecule has 0 N–H and O–H groups in total. The number of aromatic nitrogens is 1. The summed E-state index contributed by atoms with van der Waals surface area (Å²) in [5.41, 5.74) is 5.68. The van der Waals surface area contributed by atoms with E-state index in [0.717, 1.165) is 73.6 Å². The Bertz CT molecular complexity index is 1680. The average molecular weight is 662 g/mol. The molecule has 2 aliphatic rings. The molecule has 1 aromatic heterocycles. The van der Waals surface area contributed by atoms with Crippen molar-refractivity contribution < 1.29 is 19.0 Å². The lowest BCUT2D eigenvalue weighted by molar-refractivity contribution is 0.0236. The van der Waals surface area contributed by atoms with Gasteiger partial charge in [-0.05, 0) is 81.5 Å². The van der Waals surface area contributed by atoms with Gasteiger partial charge in [-0.15, -0.1) is 0 Å². The monoisotopic (exact) mass is 661 g/mol. The van der Waals surface area contributed by atoms with E-state index >= 15 is 0 Å². The molecule has 0 aliphatic carbocycles. The van der Waals surface area contributed by atoms with E-state index in [9.17, 15) is 4.79 Å². The van der Waals surface area contributed by atoms with Crippen molar-refractivity contribution in [2.45, 2.75) is 77.9 Å². The summed E-state index contributed by atoms with van der Waals surface area (Å²) < 4.78 is 19.0. The minimum absolute atomic E-state index is 0.249. The highest BCUT2D eigenvalue weighted by atomic mass is 16.6. The fraction of sp³-hybridized carbons (Fsp3) is 0.429. The number of anilines is 2. The predicted molar refractivity (Wildman–Crippen MR) is 198 cm³/mol. The first kappa shape index (κ1) is 34.5. The molecule has 49 heavy (non-hydrogen) atoms. The Balaban J connectivity index is 1.43. The molecule has 0 amide bonds. The minimum Gasteiger partial charge on any atom is -0.493 e. The van der Waals surface area contributed by atoms with Gasteiger partial charge in [0.05, 0.1) is 18.3 Å². The highest BCUT2D eigenvalue weighted by Gasteiger charge is 2.52. The second-order valence-electron chi connectivity index (χ2n) is 13.0. The summed E-state index contributed by atoms with van der Waals surface area (Å²) in [5, 5.41) is 0. The zero-order chi connectivity index (χ0) is 34.2. The second kappa shape index (κ2) is 15.9. The molecule has 7 nitrogen and oxygen atoms in total. The Labute approximate surface area is 292 Å². The van der Waals surface area contributed by atoms with Crippen LogP contribution in [-0.4, -0.2) is 56.5 Å². The quantitative estimate of drug-likeness (QED) is 0.111. The first-order valence-electron chi connectivity index (χ1n) is 18.3. The third-order valence-corrected chi connectivity index (χ3v) is 9.87. The fourth-order valence-electron chi connectivity index (χ4n) is 7.25. The number of hydrogen-bond donors (Lipinski definition) is 0. The lowest BCUT2D eigenvalue weighted by Crippen LogP contribution is -2.33. The summed E-state index contributed by atoms with van der Waals surface area (Å²) >= 11 is 0. The van der Waals surface area contributed by atoms with Crippen molar-refractivity contribution in [2.24, 2.45) is 0 Å². The number of unbranched alkanes of at least 4 members (excludes halogenated alkanes) is 2. The number of ether oxygens (including phenoxy) is 3. The summed E-state index contributed by atoms with van der Waals surface area (Å²) in [6.45, 7) is 13.8. The molecule has 2 aliphatic heterocycles. The highest BCUT2D eigenvalue weighted by molar-refractivity contribution is 5.96. The topological polar surface area (TPSA) is 64.1 Å². The van der Waals surface area contributed by atoms with Gasteiger partial charge in [0, 0.05) is 67.0 Å². The fourth-order valence-corrected chi connectivity index (χ4v) is 7.25. The van der Waals surface area contributed by atoms with Gasteiger partial charge in [-0.2, -0.15) is 0 Å². The van der Waals surface area contributed by atoms with Crippen LogP contribution in [0.2, 0.25) is 0 Å². The van der Waals surface area contributed by atoms with Crippen LogP contribution in [0.25, 0.3) is 11.1 Å². The summed E-state index contributed by atoms with van der Waals surface area (Å²) in [7, 11) is 0. The van der Waals surface area contributed by atoms with Crippen molar-refractivity contribution in [3.8, 4) is 16.9 Å². The lowest BCUT2D eigenvalue weighted by Gasteiger charge is -2.32. The van der Waals surface area contributed by atoms with Crippen molar-refractivity contribution in [1.82, 2.24) is 4.98 Å². The molecule has 3 aromatic carbocycles. The largest absolute Gasteiger partial charge is 0.493 e. The number of esters is 1. The number of cyclic esters (lactones) is 1. The number of rotatable bonds is 16. The second-order valence-corrected chi connectivity index (χ2v) is 13.0. The molecule has 0 saturated carbocycles. The van der Waals surface area contributed by atoms with Gasteiger partial charge in [0.15, 0.2) is 0 Å². The predicted octanol–water partition coefficient (Wildman–Crippen LogP) is 9.02. The van der Waals surface area contributed by atoms with Crippen molar-refractivity contribution in [3.05, 3.63) is 107 Å². The molecule has 7 heteroatoms. The zero-order valence-corrected chi connectivity index (χ0v) is 29.6.